The number of Topliss-reactive ketones (excluding diaryl/α,β-unsaturated/α-hetero) is 1. The maximum absolute atomic E-state index is 12.5. The monoisotopic (exact) mass is 375 g/mol. The number of thioether (sulfide) groups is 1. The molecular weight excluding hydrogens is 350 g/mol. The Morgan fingerprint density at radius 1 is 1.15 bits per heavy atom. The van der Waals surface area contributed by atoms with Crippen LogP contribution in [0.25, 0.3) is 0 Å². The first-order valence-corrected chi connectivity index (χ1v) is 9.80. The van der Waals surface area contributed by atoms with E-state index in [-0.39, 0.29) is 18.3 Å². The fourth-order valence-corrected chi connectivity index (χ4v) is 3.27. The van der Waals surface area contributed by atoms with Gasteiger partial charge < -0.3 is 14.5 Å². The van der Waals surface area contributed by atoms with E-state index in [2.05, 4.69) is 5.32 Å². The van der Waals surface area contributed by atoms with Crippen molar-refractivity contribution < 1.29 is 18.7 Å². The van der Waals surface area contributed by atoms with Crippen molar-refractivity contribution >= 4 is 23.6 Å². The number of ether oxygens (including phenoxy) is 1. The van der Waals surface area contributed by atoms with Gasteiger partial charge in [0.2, 0.25) is 0 Å². The summed E-state index contributed by atoms with van der Waals surface area (Å²) in [4.78, 5) is 24.6. The molecule has 1 aromatic carbocycles. The highest BCUT2D eigenvalue weighted by Crippen LogP contribution is 2.15. The van der Waals surface area contributed by atoms with E-state index in [9.17, 15) is 9.59 Å². The Bertz CT molecular complexity index is 670. The maximum atomic E-state index is 12.5. The van der Waals surface area contributed by atoms with Gasteiger partial charge >= 0.3 is 6.09 Å². The molecule has 5 nitrogen and oxygen atoms in total. The minimum atomic E-state index is -0.566. The molecule has 0 saturated carbocycles. The van der Waals surface area contributed by atoms with E-state index in [0.29, 0.717) is 17.9 Å². The first-order valence-electron chi connectivity index (χ1n) is 8.64. The van der Waals surface area contributed by atoms with Crippen molar-refractivity contribution in [1.29, 1.82) is 0 Å². The SMILES string of the molecule is CC(C)C[C@H](NC(=O)OCc1ccccc1)C(=O)CSCc1ccco1. The number of carbonyl (C=O) groups excluding carboxylic acids is 2. The van der Waals surface area contributed by atoms with Gasteiger partial charge in [-0.25, -0.2) is 4.79 Å². The van der Waals surface area contributed by atoms with Crippen molar-refractivity contribution in [3.05, 3.63) is 60.1 Å². The molecule has 0 radical (unpaired) electrons. The normalized spacial score (nSPS) is 12.0. The fourth-order valence-electron chi connectivity index (χ4n) is 2.40. The molecule has 0 saturated heterocycles. The first-order chi connectivity index (χ1) is 12.5. The summed E-state index contributed by atoms with van der Waals surface area (Å²) in [5, 5.41) is 2.71. The lowest BCUT2D eigenvalue weighted by atomic mass is 10.0. The Morgan fingerprint density at radius 2 is 1.92 bits per heavy atom. The zero-order chi connectivity index (χ0) is 18.8. The molecule has 1 atom stereocenters. The van der Waals surface area contributed by atoms with Gasteiger partial charge in [0.1, 0.15) is 12.4 Å². The molecule has 0 bridgehead atoms. The Morgan fingerprint density at radius 3 is 2.58 bits per heavy atom. The summed E-state index contributed by atoms with van der Waals surface area (Å²) in [5.41, 5.74) is 0.906. The maximum Gasteiger partial charge on any atom is 0.408 e. The molecule has 0 aliphatic rings. The van der Waals surface area contributed by atoms with Crippen LogP contribution in [0, 0.1) is 5.92 Å². The van der Waals surface area contributed by atoms with Crippen LogP contribution >= 0.6 is 11.8 Å². The molecule has 0 aliphatic carbocycles. The molecule has 26 heavy (non-hydrogen) atoms. The molecule has 6 heteroatoms. The Labute approximate surface area is 158 Å². The van der Waals surface area contributed by atoms with Crippen LogP contribution < -0.4 is 5.32 Å². The zero-order valence-corrected chi connectivity index (χ0v) is 16.0. The van der Waals surface area contributed by atoms with Gasteiger partial charge in [-0.05, 0) is 30.0 Å². The van der Waals surface area contributed by atoms with E-state index < -0.39 is 12.1 Å². The van der Waals surface area contributed by atoms with Gasteiger partial charge in [-0.2, -0.15) is 0 Å². The van der Waals surface area contributed by atoms with Crippen molar-refractivity contribution in [3.63, 3.8) is 0 Å². The highest BCUT2D eigenvalue weighted by atomic mass is 32.2. The zero-order valence-electron chi connectivity index (χ0n) is 15.1. The molecule has 1 N–H and O–H groups in total. The van der Waals surface area contributed by atoms with Crippen LogP contribution in [0.5, 0.6) is 0 Å². The number of hydrogen-bond acceptors (Lipinski definition) is 5. The van der Waals surface area contributed by atoms with Crippen LogP contribution in [0.2, 0.25) is 0 Å². The van der Waals surface area contributed by atoms with Crippen LogP contribution in [-0.4, -0.2) is 23.7 Å². The summed E-state index contributed by atoms with van der Waals surface area (Å²) in [6.07, 6.45) is 1.63. The smallest absolute Gasteiger partial charge is 0.408 e. The molecule has 1 heterocycles. The molecule has 0 aliphatic heterocycles. The van der Waals surface area contributed by atoms with Gasteiger partial charge in [0.25, 0.3) is 0 Å². The number of furan rings is 1. The van der Waals surface area contributed by atoms with Crippen molar-refractivity contribution in [2.45, 2.75) is 38.7 Å². The largest absolute Gasteiger partial charge is 0.468 e. The summed E-state index contributed by atoms with van der Waals surface area (Å²) in [6.45, 7) is 4.23. The lowest BCUT2D eigenvalue weighted by molar-refractivity contribution is -0.118. The minimum Gasteiger partial charge on any atom is -0.468 e. The summed E-state index contributed by atoms with van der Waals surface area (Å²) in [5.74, 6) is 2.06. The van der Waals surface area contributed by atoms with Crippen LogP contribution in [0.1, 0.15) is 31.6 Å². The van der Waals surface area contributed by atoms with Crippen molar-refractivity contribution in [1.82, 2.24) is 5.32 Å². The second kappa shape index (κ2) is 10.7. The number of hydrogen-bond donors (Lipinski definition) is 1. The van der Waals surface area contributed by atoms with Crippen LogP contribution in [0.3, 0.4) is 0 Å². The lowest BCUT2D eigenvalue weighted by Gasteiger charge is -2.19. The average molecular weight is 375 g/mol. The molecule has 0 unspecified atom stereocenters. The van der Waals surface area contributed by atoms with Crippen LogP contribution in [0.15, 0.2) is 53.1 Å². The van der Waals surface area contributed by atoms with E-state index >= 15 is 0 Å². The minimum absolute atomic E-state index is 0.00748. The lowest BCUT2D eigenvalue weighted by Crippen LogP contribution is -2.42. The van der Waals surface area contributed by atoms with Gasteiger partial charge in [-0.1, -0.05) is 44.2 Å². The predicted molar refractivity (Wildman–Crippen MR) is 103 cm³/mol. The third-order valence-corrected chi connectivity index (χ3v) is 4.65. The highest BCUT2D eigenvalue weighted by Gasteiger charge is 2.22. The van der Waals surface area contributed by atoms with Gasteiger partial charge in [0.15, 0.2) is 5.78 Å². The van der Waals surface area contributed by atoms with Crippen LogP contribution in [0.4, 0.5) is 4.79 Å². The first kappa shape index (κ1) is 20.1. The van der Waals surface area contributed by atoms with Gasteiger partial charge in [0.05, 0.1) is 23.8 Å². The Balaban J connectivity index is 1.80. The van der Waals surface area contributed by atoms with Crippen LogP contribution in [-0.2, 0) is 21.9 Å². The number of nitrogens with one attached hydrogen (secondary N) is 1. The number of benzene rings is 1. The fraction of sp³-hybridized carbons (Fsp3) is 0.400. The number of ketones is 1. The molecule has 2 aromatic rings. The van der Waals surface area contributed by atoms with E-state index in [0.717, 1.165) is 11.3 Å². The number of rotatable bonds is 10. The van der Waals surface area contributed by atoms with Gasteiger partial charge in [-0.3, -0.25) is 4.79 Å². The molecule has 2 rings (SSSR count). The standard InChI is InChI=1S/C20H25NO4S/c1-15(2)11-18(19(22)14-26-13-17-9-6-10-24-17)21-20(23)25-12-16-7-4-3-5-8-16/h3-10,15,18H,11-14H2,1-2H3,(H,21,23)/t18-/m0/s1. The molecule has 140 valence electrons. The summed E-state index contributed by atoms with van der Waals surface area (Å²) in [7, 11) is 0. The molecule has 0 fully saturated rings. The molecule has 1 aromatic heterocycles. The third-order valence-electron chi connectivity index (χ3n) is 3.67. The topological polar surface area (TPSA) is 68.5 Å². The Kier molecular flexibility index (Phi) is 8.28. The molecular formula is C20H25NO4S. The predicted octanol–water partition coefficient (Wildman–Crippen LogP) is 4.42. The summed E-state index contributed by atoms with van der Waals surface area (Å²) < 4.78 is 10.5. The number of alkyl carbamates (subject to hydrolysis) is 1. The van der Waals surface area contributed by atoms with Crippen molar-refractivity contribution in [3.8, 4) is 0 Å². The summed E-state index contributed by atoms with van der Waals surface area (Å²) >= 11 is 1.48. The molecule has 0 spiro atoms. The van der Waals surface area contributed by atoms with E-state index in [4.69, 9.17) is 9.15 Å². The second-order valence-electron chi connectivity index (χ2n) is 6.43. The van der Waals surface area contributed by atoms with Crippen molar-refractivity contribution in [2.75, 3.05) is 5.75 Å². The third kappa shape index (κ3) is 7.35. The quantitative estimate of drug-likeness (QED) is 0.666. The molecule has 1 amide bonds. The van der Waals surface area contributed by atoms with Gasteiger partial charge in [0, 0.05) is 0 Å². The highest BCUT2D eigenvalue weighted by molar-refractivity contribution is 7.99. The second-order valence-corrected chi connectivity index (χ2v) is 7.41. The summed E-state index contributed by atoms with van der Waals surface area (Å²) in [6, 6.07) is 12.6. The van der Waals surface area contributed by atoms with E-state index in [1.807, 2.05) is 56.3 Å². The van der Waals surface area contributed by atoms with E-state index in [1.54, 1.807) is 6.26 Å². The average Bonchev–Trinajstić information content (AvgIpc) is 3.13. The van der Waals surface area contributed by atoms with Gasteiger partial charge in [-0.15, -0.1) is 11.8 Å². The van der Waals surface area contributed by atoms with E-state index in [1.165, 1.54) is 11.8 Å². The Hall–Kier alpha value is -2.21. The van der Waals surface area contributed by atoms with Crippen molar-refractivity contribution in [2.24, 2.45) is 5.92 Å². The number of amides is 1. The number of carbonyl (C=O) groups is 2.